The molecule has 0 saturated carbocycles. The van der Waals surface area contributed by atoms with Gasteiger partial charge in [0.1, 0.15) is 12.0 Å². The van der Waals surface area contributed by atoms with Crippen LogP contribution in [0.2, 0.25) is 0 Å². The number of nitrogens with zero attached hydrogens (tertiary/aromatic N) is 2. The predicted octanol–water partition coefficient (Wildman–Crippen LogP) is -0.459. The average molecular weight is 342 g/mol. The lowest BCUT2D eigenvalue weighted by molar-refractivity contribution is -0.161. The fourth-order valence-electron chi connectivity index (χ4n) is 1.11. The van der Waals surface area contributed by atoms with Crippen LogP contribution in [0.15, 0.2) is 10.5 Å². The van der Waals surface area contributed by atoms with Crippen LogP contribution in [0.1, 0.15) is 26.0 Å². The van der Waals surface area contributed by atoms with Crippen LogP contribution in [0.3, 0.4) is 0 Å². The molecule has 1 aromatic heterocycles. The first-order valence-corrected chi connectivity index (χ1v) is 7.04. The second-order valence-corrected chi connectivity index (χ2v) is 5.56. The number of carbonyl (C=O) groups is 4. The third-order valence-electron chi connectivity index (χ3n) is 2.38. The summed E-state index contributed by atoms with van der Waals surface area (Å²) in [5.41, 5.74) is 3.33. The van der Waals surface area contributed by atoms with Crippen LogP contribution >= 0.6 is 11.3 Å². The molecule has 23 heavy (non-hydrogen) atoms. The number of nitrogens with two attached hydrogens (primary N) is 1. The number of aldehydes is 1. The van der Waals surface area contributed by atoms with Crippen LogP contribution in [0, 0.1) is 0 Å². The van der Waals surface area contributed by atoms with E-state index in [1.165, 1.54) is 19.2 Å². The number of amides is 2. The third-order valence-corrected chi connectivity index (χ3v) is 3.06. The molecule has 0 saturated heterocycles. The van der Waals surface area contributed by atoms with E-state index in [9.17, 15) is 19.2 Å². The molecule has 0 spiro atoms. The van der Waals surface area contributed by atoms with Crippen molar-refractivity contribution in [1.82, 2.24) is 10.3 Å². The van der Waals surface area contributed by atoms with Crippen molar-refractivity contribution in [2.75, 3.05) is 5.73 Å². The molecule has 11 heteroatoms. The number of imide groups is 1. The number of nitrogen functional groups attached to an aromatic ring is 1. The van der Waals surface area contributed by atoms with E-state index in [0.717, 1.165) is 11.3 Å². The van der Waals surface area contributed by atoms with Crippen LogP contribution < -0.4 is 11.1 Å². The molecule has 0 aliphatic heterocycles. The van der Waals surface area contributed by atoms with Gasteiger partial charge in [-0.15, -0.1) is 11.3 Å². The number of carboxylic acids is 1. The third kappa shape index (κ3) is 5.14. The highest BCUT2D eigenvalue weighted by Crippen LogP contribution is 2.15. The highest BCUT2D eigenvalue weighted by Gasteiger charge is 2.31. The molecule has 0 aliphatic carbocycles. The summed E-state index contributed by atoms with van der Waals surface area (Å²) in [6, 6.07) is 0. The van der Waals surface area contributed by atoms with Crippen LogP contribution in [0.4, 0.5) is 5.13 Å². The number of hydrogen-bond acceptors (Lipinski definition) is 9. The van der Waals surface area contributed by atoms with Gasteiger partial charge in [-0.3, -0.25) is 14.9 Å². The van der Waals surface area contributed by atoms with Crippen molar-refractivity contribution in [3.8, 4) is 0 Å². The van der Waals surface area contributed by atoms with Gasteiger partial charge in [-0.25, -0.2) is 9.78 Å². The number of aliphatic carboxylic acids is 1. The monoisotopic (exact) mass is 342 g/mol. The van der Waals surface area contributed by atoms with Gasteiger partial charge in [0.2, 0.25) is 11.5 Å². The molecule has 0 aromatic carbocycles. The Morgan fingerprint density at radius 2 is 2.17 bits per heavy atom. The number of nitrogens with one attached hydrogen (secondary N) is 1. The van der Waals surface area contributed by atoms with Gasteiger partial charge in [0.15, 0.2) is 10.8 Å². The fourth-order valence-corrected chi connectivity index (χ4v) is 1.66. The largest absolute Gasteiger partial charge is 0.478 e. The molecule has 1 heterocycles. The van der Waals surface area contributed by atoms with E-state index in [2.05, 4.69) is 10.1 Å². The van der Waals surface area contributed by atoms with Crippen LogP contribution in [-0.4, -0.2) is 45.5 Å². The Hall–Kier alpha value is -2.82. The lowest BCUT2D eigenvalue weighted by atomic mass is 10.1. The Labute approximate surface area is 134 Å². The van der Waals surface area contributed by atoms with E-state index in [1.54, 1.807) is 0 Å². The van der Waals surface area contributed by atoms with Gasteiger partial charge in [0, 0.05) is 5.38 Å². The minimum Gasteiger partial charge on any atom is -0.478 e. The van der Waals surface area contributed by atoms with Crippen LogP contribution in [0.25, 0.3) is 0 Å². The van der Waals surface area contributed by atoms with Gasteiger partial charge >= 0.3 is 5.97 Å². The van der Waals surface area contributed by atoms with Crippen molar-refractivity contribution in [2.45, 2.75) is 25.9 Å². The van der Waals surface area contributed by atoms with Gasteiger partial charge in [0.05, 0.1) is 6.42 Å². The Morgan fingerprint density at radius 3 is 2.65 bits per heavy atom. The summed E-state index contributed by atoms with van der Waals surface area (Å²) in [5, 5.41) is 15.9. The summed E-state index contributed by atoms with van der Waals surface area (Å²) in [7, 11) is 0. The zero-order valence-electron chi connectivity index (χ0n) is 12.2. The number of anilines is 1. The van der Waals surface area contributed by atoms with E-state index < -0.39 is 35.5 Å². The molecule has 0 radical (unpaired) electrons. The maximum absolute atomic E-state index is 12.0. The number of rotatable bonds is 7. The number of carboxylic acid groups (broad SMARTS) is 1. The zero-order chi connectivity index (χ0) is 17.6. The van der Waals surface area contributed by atoms with Crippen molar-refractivity contribution >= 4 is 46.2 Å². The summed E-state index contributed by atoms with van der Waals surface area (Å²) in [6.07, 6.45) is -0.190. The maximum atomic E-state index is 12.0. The molecule has 124 valence electrons. The van der Waals surface area contributed by atoms with Gasteiger partial charge in [-0.05, 0) is 13.8 Å². The fraction of sp³-hybridized carbons (Fsp3) is 0.333. The SMILES string of the molecule is CC(C)(O/N=C(/C(=O)NC(=O)CC=O)c1csc(N)n1)C(=O)O. The number of thiazole rings is 1. The summed E-state index contributed by atoms with van der Waals surface area (Å²) in [5.74, 6) is -3.16. The molecule has 0 aliphatic rings. The van der Waals surface area contributed by atoms with Crippen LogP contribution in [0.5, 0.6) is 0 Å². The zero-order valence-corrected chi connectivity index (χ0v) is 13.0. The molecule has 0 bridgehead atoms. The molecule has 10 nitrogen and oxygen atoms in total. The highest BCUT2D eigenvalue weighted by atomic mass is 32.1. The Morgan fingerprint density at radius 1 is 1.52 bits per heavy atom. The predicted molar refractivity (Wildman–Crippen MR) is 79.7 cm³/mol. The molecular weight excluding hydrogens is 328 g/mol. The molecule has 1 aromatic rings. The number of aromatic nitrogens is 1. The summed E-state index contributed by atoms with van der Waals surface area (Å²) in [4.78, 5) is 53.3. The molecule has 0 fully saturated rings. The van der Waals surface area contributed by atoms with E-state index in [-0.39, 0.29) is 10.8 Å². The highest BCUT2D eigenvalue weighted by molar-refractivity contribution is 7.13. The molecule has 0 atom stereocenters. The second-order valence-electron chi connectivity index (χ2n) is 4.67. The van der Waals surface area contributed by atoms with Crippen LogP contribution in [-0.2, 0) is 24.0 Å². The molecular formula is C12H14N4O6S. The standard InChI is InChI=1S/C12H14N4O6S/c1-12(2,10(20)21)22-16-8(6-5-23-11(13)14-6)9(19)15-7(18)3-4-17/h4-5H,3H2,1-2H3,(H2,13,14)(H,20,21)(H,15,18,19)/b16-8+. The van der Waals surface area contributed by atoms with Crippen molar-refractivity contribution in [1.29, 1.82) is 0 Å². The molecule has 0 unspecified atom stereocenters. The molecule has 4 N–H and O–H groups in total. The number of carbonyl (C=O) groups excluding carboxylic acids is 3. The van der Waals surface area contributed by atoms with Crippen molar-refractivity contribution in [2.24, 2.45) is 5.16 Å². The van der Waals surface area contributed by atoms with E-state index in [4.69, 9.17) is 15.7 Å². The Kier molecular flexibility index (Phi) is 5.90. The molecule has 1 rings (SSSR count). The van der Waals surface area contributed by atoms with E-state index >= 15 is 0 Å². The minimum absolute atomic E-state index is 0.00471. The smallest absolute Gasteiger partial charge is 0.350 e. The van der Waals surface area contributed by atoms with E-state index in [0.29, 0.717) is 6.29 Å². The number of hydrogen-bond donors (Lipinski definition) is 3. The lowest BCUT2D eigenvalue weighted by Crippen LogP contribution is -2.38. The van der Waals surface area contributed by atoms with Crippen molar-refractivity contribution in [3.63, 3.8) is 0 Å². The van der Waals surface area contributed by atoms with Gasteiger partial charge in [0.25, 0.3) is 5.91 Å². The lowest BCUT2D eigenvalue weighted by Gasteiger charge is -2.16. The minimum atomic E-state index is -1.71. The summed E-state index contributed by atoms with van der Waals surface area (Å²) in [6.45, 7) is 2.45. The summed E-state index contributed by atoms with van der Waals surface area (Å²) >= 11 is 1.01. The van der Waals surface area contributed by atoms with Gasteiger partial charge in [-0.1, -0.05) is 5.16 Å². The Balaban J connectivity index is 3.07. The van der Waals surface area contributed by atoms with Gasteiger partial charge in [-0.2, -0.15) is 0 Å². The Bertz CT molecular complexity index is 666. The van der Waals surface area contributed by atoms with Crippen molar-refractivity contribution in [3.05, 3.63) is 11.1 Å². The first kappa shape index (κ1) is 18.2. The maximum Gasteiger partial charge on any atom is 0.350 e. The number of oxime groups is 1. The van der Waals surface area contributed by atoms with Gasteiger partial charge < -0.3 is 20.5 Å². The normalized spacial score (nSPS) is 11.7. The molecule has 2 amide bonds. The van der Waals surface area contributed by atoms with E-state index in [1.807, 2.05) is 5.32 Å². The first-order chi connectivity index (χ1) is 10.7. The quantitative estimate of drug-likeness (QED) is 0.259. The second kappa shape index (κ2) is 7.45. The van der Waals surface area contributed by atoms with Crippen molar-refractivity contribution < 1.29 is 29.1 Å². The average Bonchev–Trinajstić information content (AvgIpc) is 2.85. The summed E-state index contributed by atoms with van der Waals surface area (Å²) < 4.78 is 0. The topological polar surface area (TPSA) is 161 Å². The first-order valence-electron chi connectivity index (χ1n) is 6.16.